The van der Waals surface area contributed by atoms with Gasteiger partial charge in [0.15, 0.2) is 0 Å². The predicted molar refractivity (Wildman–Crippen MR) is 97.9 cm³/mol. The van der Waals surface area contributed by atoms with Gasteiger partial charge in [0.25, 0.3) is 0 Å². The van der Waals surface area contributed by atoms with Crippen LogP contribution < -0.4 is 0 Å². The van der Waals surface area contributed by atoms with Gasteiger partial charge >= 0.3 is 0 Å². The van der Waals surface area contributed by atoms with E-state index in [4.69, 9.17) is 0 Å². The molecule has 0 aliphatic heterocycles. The number of benzene rings is 1. The summed E-state index contributed by atoms with van der Waals surface area (Å²) in [7, 11) is -1.04. The molecule has 2 heteroatoms. The lowest BCUT2D eigenvalue weighted by atomic mass is 9.79. The van der Waals surface area contributed by atoms with E-state index in [1.54, 1.807) is 0 Å². The molecule has 1 aromatic carbocycles. The molecule has 0 aliphatic rings. The SMILES string of the molecule is CC[P+](CC)(CC)[C@H](C)[C@@H](O)C(C)(C)Cc1ccccc1. The first-order chi connectivity index (χ1) is 9.83. The first-order valence-corrected chi connectivity index (χ1v) is 10.8. The Bertz CT molecular complexity index is 401. The minimum Gasteiger partial charge on any atom is -0.388 e. The number of aliphatic hydroxyl groups excluding tert-OH is 1. The molecule has 2 atom stereocenters. The predicted octanol–water partition coefficient (Wildman–Crippen LogP) is 5.08. The Labute approximate surface area is 132 Å². The third kappa shape index (κ3) is 4.30. The van der Waals surface area contributed by atoms with Gasteiger partial charge in [0.05, 0.1) is 30.2 Å². The van der Waals surface area contributed by atoms with Crippen LogP contribution in [0.4, 0.5) is 0 Å². The van der Waals surface area contributed by atoms with Gasteiger partial charge in [0, 0.05) is 7.26 Å². The second kappa shape index (κ2) is 7.75. The summed E-state index contributed by atoms with van der Waals surface area (Å²) in [5, 5.41) is 11.1. The van der Waals surface area contributed by atoms with Gasteiger partial charge in [0.1, 0.15) is 0 Å². The van der Waals surface area contributed by atoms with Crippen LogP contribution in [0, 0.1) is 5.41 Å². The molecule has 0 radical (unpaired) electrons. The third-order valence-corrected chi connectivity index (χ3v) is 11.3. The van der Waals surface area contributed by atoms with Gasteiger partial charge in [-0.2, -0.15) is 0 Å². The van der Waals surface area contributed by atoms with E-state index in [1.165, 1.54) is 24.0 Å². The van der Waals surface area contributed by atoms with Gasteiger partial charge in [0.2, 0.25) is 0 Å². The van der Waals surface area contributed by atoms with Crippen molar-refractivity contribution in [2.45, 2.75) is 59.7 Å². The Balaban J connectivity index is 2.91. The first kappa shape index (κ1) is 18.7. The topological polar surface area (TPSA) is 20.2 Å². The molecule has 0 aromatic heterocycles. The summed E-state index contributed by atoms with van der Waals surface area (Å²) < 4.78 is 0. The van der Waals surface area contributed by atoms with E-state index in [1.807, 2.05) is 0 Å². The molecule has 1 nitrogen and oxygen atoms in total. The lowest BCUT2D eigenvalue weighted by Gasteiger charge is -2.40. The van der Waals surface area contributed by atoms with Crippen molar-refractivity contribution in [1.82, 2.24) is 0 Å². The van der Waals surface area contributed by atoms with E-state index in [2.05, 4.69) is 71.9 Å². The van der Waals surface area contributed by atoms with Crippen LogP contribution in [0.5, 0.6) is 0 Å². The summed E-state index contributed by atoms with van der Waals surface area (Å²) in [6.45, 7) is 13.7. The van der Waals surface area contributed by atoms with Crippen molar-refractivity contribution in [2.75, 3.05) is 18.5 Å². The van der Waals surface area contributed by atoms with Gasteiger partial charge in [-0.25, -0.2) is 0 Å². The van der Waals surface area contributed by atoms with Crippen LogP contribution in [0.1, 0.15) is 47.1 Å². The van der Waals surface area contributed by atoms with Gasteiger partial charge in [-0.05, 0) is 45.1 Å². The summed E-state index contributed by atoms with van der Waals surface area (Å²) in [6.07, 6.45) is 4.46. The zero-order valence-corrected chi connectivity index (χ0v) is 15.7. The largest absolute Gasteiger partial charge is 0.388 e. The van der Waals surface area contributed by atoms with Crippen molar-refractivity contribution >= 4 is 7.26 Å². The number of aliphatic hydroxyl groups is 1. The monoisotopic (exact) mass is 309 g/mol. The molecule has 0 fully saturated rings. The maximum absolute atomic E-state index is 11.1. The van der Waals surface area contributed by atoms with E-state index in [9.17, 15) is 5.11 Å². The smallest absolute Gasteiger partial charge is 0.0953 e. The fourth-order valence-corrected chi connectivity index (χ4v) is 7.79. The lowest BCUT2D eigenvalue weighted by Crippen LogP contribution is -2.41. The summed E-state index contributed by atoms with van der Waals surface area (Å²) in [4.78, 5) is 0. The third-order valence-electron chi connectivity index (χ3n) is 5.51. The molecular formula is C19H34OP+. The minimum absolute atomic E-state index is 0.0778. The Kier molecular flexibility index (Phi) is 6.88. The molecule has 1 N–H and O–H groups in total. The van der Waals surface area contributed by atoms with E-state index in [0.717, 1.165) is 6.42 Å². The number of hydrogen-bond donors (Lipinski definition) is 1. The molecule has 0 aliphatic carbocycles. The quantitative estimate of drug-likeness (QED) is 0.664. The molecule has 0 saturated heterocycles. The molecule has 0 spiro atoms. The Morgan fingerprint density at radius 1 is 1.00 bits per heavy atom. The molecule has 0 saturated carbocycles. The van der Waals surface area contributed by atoms with Crippen LogP contribution in [-0.2, 0) is 6.42 Å². The van der Waals surface area contributed by atoms with Crippen LogP contribution in [0.2, 0.25) is 0 Å². The molecule has 1 rings (SSSR count). The highest BCUT2D eigenvalue weighted by molar-refractivity contribution is 7.76. The normalized spacial score (nSPS) is 15.8. The summed E-state index contributed by atoms with van der Waals surface area (Å²) in [5.74, 6) is 0. The number of rotatable bonds is 8. The van der Waals surface area contributed by atoms with Crippen molar-refractivity contribution in [2.24, 2.45) is 5.41 Å². The molecule has 0 bridgehead atoms. The van der Waals surface area contributed by atoms with E-state index in [0.29, 0.717) is 5.66 Å². The molecule has 21 heavy (non-hydrogen) atoms. The summed E-state index contributed by atoms with van der Waals surface area (Å²) >= 11 is 0. The average molecular weight is 309 g/mol. The van der Waals surface area contributed by atoms with Gasteiger partial charge in [-0.15, -0.1) is 0 Å². The van der Waals surface area contributed by atoms with Gasteiger partial charge in [-0.1, -0.05) is 44.2 Å². The molecular weight excluding hydrogens is 275 g/mol. The van der Waals surface area contributed by atoms with Gasteiger partial charge < -0.3 is 5.11 Å². The van der Waals surface area contributed by atoms with Crippen LogP contribution in [0.15, 0.2) is 30.3 Å². The number of hydrogen-bond acceptors (Lipinski definition) is 1. The zero-order valence-electron chi connectivity index (χ0n) is 14.8. The van der Waals surface area contributed by atoms with E-state index < -0.39 is 7.26 Å². The van der Waals surface area contributed by atoms with Crippen molar-refractivity contribution in [3.05, 3.63) is 35.9 Å². The summed E-state index contributed by atoms with van der Waals surface area (Å²) in [6, 6.07) is 10.6. The Hall–Kier alpha value is -0.390. The standard InChI is InChI=1S/C19H34OP/c1-7-21(8-2,9-3)16(4)18(20)19(5,6)15-17-13-11-10-12-14-17/h10-14,16,18,20H,7-9,15H2,1-6H3/q+1/t16-,18-/m1/s1. The summed E-state index contributed by atoms with van der Waals surface area (Å²) in [5.41, 5.74) is 1.67. The van der Waals surface area contributed by atoms with E-state index >= 15 is 0 Å². The maximum atomic E-state index is 11.1. The highest BCUT2D eigenvalue weighted by atomic mass is 31.2. The Morgan fingerprint density at radius 3 is 1.90 bits per heavy atom. The second-order valence-electron chi connectivity index (χ2n) is 7.00. The van der Waals surface area contributed by atoms with Crippen molar-refractivity contribution in [3.8, 4) is 0 Å². The second-order valence-corrected chi connectivity index (χ2v) is 12.2. The maximum Gasteiger partial charge on any atom is 0.0953 e. The zero-order chi connectivity index (χ0) is 16.1. The van der Waals surface area contributed by atoms with Crippen LogP contribution in [0.3, 0.4) is 0 Å². The fraction of sp³-hybridized carbons (Fsp3) is 0.684. The van der Waals surface area contributed by atoms with Crippen LogP contribution in [0.25, 0.3) is 0 Å². The highest BCUT2D eigenvalue weighted by Gasteiger charge is 2.46. The van der Waals surface area contributed by atoms with E-state index in [-0.39, 0.29) is 11.5 Å². The van der Waals surface area contributed by atoms with Crippen molar-refractivity contribution in [3.63, 3.8) is 0 Å². The first-order valence-electron chi connectivity index (χ1n) is 8.40. The average Bonchev–Trinajstić information content (AvgIpc) is 2.49. The van der Waals surface area contributed by atoms with Crippen LogP contribution >= 0.6 is 7.26 Å². The lowest BCUT2D eigenvalue weighted by molar-refractivity contribution is 0.0500. The molecule has 0 heterocycles. The minimum atomic E-state index is -1.04. The highest BCUT2D eigenvalue weighted by Crippen LogP contribution is 2.64. The molecule has 0 unspecified atom stereocenters. The van der Waals surface area contributed by atoms with Crippen LogP contribution in [-0.4, -0.2) is 35.4 Å². The van der Waals surface area contributed by atoms with Crippen molar-refractivity contribution < 1.29 is 5.11 Å². The van der Waals surface area contributed by atoms with Gasteiger partial charge in [-0.3, -0.25) is 0 Å². The molecule has 1 aromatic rings. The van der Waals surface area contributed by atoms with Crippen molar-refractivity contribution in [1.29, 1.82) is 0 Å². The fourth-order valence-electron chi connectivity index (χ4n) is 3.71. The molecule has 0 amide bonds. The Morgan fingerprint density at radius 2 is 1.48 bits per heavy atom. The molecule has 120 valence electrons.